The summed E-state index contributed by atoms with van der Waals surface area (Å²) in [5.41, 5.74) is 0. The van der Waals surface area contributed by atoms with Crippen LogP contribution >= 0.6 is 0 Å². The summed E-state index contributed by atoms with van der Waals surface area (Å²) in [5, 5.41) is 11.0. The molecule has 46 heavy (non-hydrogen) atoms. The van der Waals surface area contributed by atoms with E-state index in [2.05, 4.69) is 67.8 Å². The van der Waals surface area contributed by atoms with Gasteiger partial charge in [-0.1, -0.05) is 133 Å². The number of allylic oxidation sites excluding steroid dienone is 7. The number of amides is 1. The van der Waals surface area contributed by atoms with Crippen LogP contribution < -0.4 is 5.32 Å². The van der Waals surface area contributed by atoms with Crippen molar-refractivity contribution in [3.63, 3.8) is 0 Å². The lowest BCUT2D eigenvalue weighted by Gasteiger charge is -2.15. The van der Waals surface area contributed by atoms with E-state index in [0.29, 0.717) is 12.8 Å². The molecule has 2 N–H and O–H groups in total. The maximum absolute atomic E-state index is 12.6. The lowest BCUT2D eigenvalue weighted by Crippen LogP contribution is -2.28. The van der Waals surface area contributed by atoms with Crippen LogP contribution in [0.1, 0.15) is 174 Å². The minimum Gasteiger partial charge on any atom is -0.480 e. The second kappa shape index (κ2) is 35.2. The fraction of sp³-hybridized carbons (Fsp3) is 0.725. The van der Waals surface area contributed by atoms with Gasteiger partial charge in [0.2, 0.25) is 5.91 Å². The van der Waals surface area contributed by atoms with E-state index in [4.69, 9.17) is 9.84 Å². The summed E-state index contributed by atoms with van der Waals surface area (Å²) in [6.07, 6.45) is 43.8. The van der Waals surface area contributed by atoms with Gasteiger partial charge in [-0.2, -0.15) is 0 Å². The van der Waals surface area contributed by atoms with Gasteiger partial charge in [-0.05, 0) is 76.7 Å². The topological polar surface area (TPSA) is 92.7 Å². The van der Waals surface area contributed by atoms with Gasteiger partial charge in [0.1, 0.15) is 12.6 Å². The molecule has 0 heterocycles. The highest BCUT2D eigenvalue weighted by molar-refractivity contribution is 5.80. The number of unbranched alkanes of at least 4 members (excludes halogenated alkanes) is 16. The molecule has 0 bridgehead atoms. The van der Waals surface area contributed by atoms with Gasteiger partial charge in [0, 0.05) is 12.8 Å². The maximum atomic E-state index is 12.6. The Labute approximate surface area is 282 Å². The van der Waals surface area contributed by atoms with Crippen molar-refractivity contribution in [1.29, 1.82) is 0 Å². The normalized spacial score (nSPS) is 12.6. The lowest BCUT2D eigenvalue weighted by atomic mass is 10.0. The van der Waals surface area contributed by atoms with E-state index in [9.17, 15) is 14.4 Å². The largest absolute Gasteiger partial charge is 0.480 e. The van der Waals surface area contributed by atoms with Crippen molar-refractivity contribution in [3.8, 4) is 0 Å². The van der Waals surface area contributed by atoms with Crippen LogP contribution in [0, 0.1) is 0 Å². The molecule has 6 heteroatoms. The molecule has 0 aliphatic rings. The predicted molar refractivity (Wildman–Crippen MR) is 194 cm³/mol. The van der Waals surface area contributed by atoms with Crippen molar-refractivity contribution in [2.75, 3.05) is 6.54 Å². The van der Waals surface area contributed by atoms with Gasteiger partial charge in [-0.3, -0.25) is 14.4 Å². The Bertz CT molecular complexity index is 845. The standard InChI is InChI=1S/C40H69NO5/c1-3-5-7-9-11-13-14-15-16-17-18-19-21-27-31-35-40(45)46-37(32-28-24-20-12-10-8-6-4-2)33-29-25-22-23-26-30-34-38(42)41-36-39(43)44/h5,7,11,13,15-16,28,32,37H,3-4,6,8-10,12,14,17-27,29-31,33-36H2,1-2H3,(H,41,42)(H,43,44)/b7-5-,13-11-,16-15-,32-28-. The number of carboxylic acids is 1. The number of hydrogen-bond donors (Lipinski definition) is 2. The third-order valence-electron chi connectivity index (χ3n) is 7.97. The molecule has 0 aromatic carbocycles. The first-order chi connectivity index (χ1) is 22.5. The first-order valence-electron chi connectivity index (χ1n) is 18.8. The third-order valence-corrected chi connectivity index (χ3v) is 7.97. The predicted octanol–water partition coefficient (Wildman–Crippen LogP) is 11.1. The number of aliphatic carboxylic acids is 1. The average molecular weight is 644 g/mol. The van der Waals surface area contributed by atoms with Crippen molar-refractivity contribution in [1.82, 2.24) is 5.32 Å². The van der Waals surface area contributed by atoms with E-state index in [0.717, 1.165) is 89.9 Å². The van der Waals surface area contributed by atoms with E-state index in [1.807, 2.05) is 0 Å². The molecule has 0 aliphatic carbocycles. The quantitative estimate of drug-likeness (QED) is 0.0422. The van der Waals surface area contributed by atoms with Gasteiger partial charge in [-0.15, -0.1) is 0 Å². The summed E-state index contributed by atoms with van der Waals surface area (Å²) >= 11 is 0. The summed E-state index contributed by atoms with van der Waals surface area (Å²) in [6.45, 7) is 4.09. The molecule has 0 saturated carbocycles. The summed E-state index contributed by atoms with van der Waals surface area (Å²) in [7, 11) is 0. The highest BCUT2D eigenvalue weighted by atomic mass is 16.5. The minimum atomic E-state index is -1.02. The molecule has 0 aliphatic heterocycles. The molecule has 264 valence electrons. The van der Waals surface area contributed by atoms with Crippen molar-refractivity contribution < 1.29 is 24.2 Å². The van der Waals surface area contributed by atoms with Crippen LogP contribution in [0.4, 0.5) is 0 Å². The van der Waals surface area contributed by atoms with Crippen molar-refractivity contribution >= 4 is 17.8 Å². The minimum absolute atomic E-state index is 0.0726. The molecule has 6 nitrogen and oxygen atoms in total. The first-order valence-corrected chi connectivity index (χ1v) is 18.8. The van der Waals surface area contributed by atoms with Gasteiger partial charge in [0.15, 0.2) is 0 Å². The number of rotatable bonds is 33. The van der Waals surface area contributed by atoms with Gasteiger partial charge in [0.25, 0.3) is 0 Å². The molecule has 0 rings (SSSR count). The average Bonchev–Trinajstić information content (AvgIpc) is 3.04. The number of carboxylic acid groups (broad SMARTS) is 1. The van der Waals surface area contributed by atoms with Crippen molar-refractivity contribution in [3.05, 3.63) is 48.6 Å². The number of carbonyl (C=O) groups excluding carboxylic acids is 2. The number of nitrogens with one attached hydrogen (secondary N) is 1. The third kappa shape index (κ3) is 34.2. The Hall–Kier alpha value is -2.63. The lowest BCUT2D eigenvalue weighted by molar-refractivity contribution is -0.147. The SMILES string of the molecule is CC/C=C\C/C=C\C/C=C\CCCCCCCC(=O)OC(/C=C\CCCCCCCC)CCCCCCCCC(=O)NCC(=O)O. The molecule has 0 spiro atoms. The zero-order valence-electron chi connectivity index (χ0n) is 29.7. The van der Waals surface area contributed by atoms with Gasteiger partial charge in [0.05, 0.1) is 0 Å². The first kappa shape index (κ1) is 43.4. The van der Waals surface area contributed by atoms with Crippen LogP contribution in [-0.4, -0.2) is 35.6 Å². The van der Waals surface area contributed by atoms with E-state index in [-0.39, 0.29) is 24.5 Å². The van der Waals surface area contributed by atoms with Crippen LogP contribution in [0.3, 0.4) is 0 Å². The molecule has 1 amide bonds. The highest BCUT2D eigenvalue weighted by Gasteiger charge is 2.11. The molecule has 0 radical (unpaired) electrons. The fourth-order valence-electron chi connectivity index (χ4n) is 5.20. The van der Waals surface area contributed by atoms with Crippen molar-refractivity contribution in [2.45, 2.75) is 180 Å². The Morgan fingerprint density at radius 2 is 1.13 bits per heavy atom. The Morgan fingerprint density at radius 3 is 1.76 bits per heavy atom. The molecule has 0 aromatic rings. The second-order valence-corrected chi connectivity index (χ2v) is 12.4. The molecule has 0 aromatic heterocycles. The summed E-state index contributed by atoms with van der Waals surface area (Å²) in [5.74, 6) is -1.29. The zero-order chi connectivity index (χ0) is 33.8. The maximum Gasteiger partial charge on any atom is 0.322 e. The molecule has 1 atom stereocenters. The monoisotopic (exact) mass is 644 g/mol. The van der Waals surface area contributed by atoms with Crippen LogP contribution in [0.5, 0.6) is 0 Å². The molecule has 0 fully saturated rings. The number of carbonyl (C=O) groups is 3. The van der Waals surface area contributed by atoms with E-state index in [1.54, 1.807) is 0 Å². The highest BCUT2D eigenvalue weighted by Crippen LogP contribution is 2.15. The number of ether oxygens (including phenoxy) is 1. The van der Waals surface area contributed by atoms with E-state index in [1.165, 1.54) is 57.8 Å². The number of esters is 1. The summed E-state index contributed by atoms with van der Waals surface area (Å²) in [4.78, 5) is 34.8. The van der Waals surface area contributed by atoms with E-state index < -0.39 is 5.97 Å². The second-order valence-electron chi connectivity index (χ2n) is 12.4. The van der Waals surface area contributed by atoms with E-state index >= 15 is 0 Å². The van der Waals surface area contributed by atoms with Crippen LogP contribution in [0.15, 0.2) is 48.6 Å². The summed E-state index contributed by atoms with van der Waals surface area (Å²) in [6, 6.07) is 0. The Morgan fingerprint density at radius 1 is 0.609 bits per heavy atom. The van der Waals surface area contributed by atoms with Crippen LogP contribution in [0.25, 0.3) is 0 Å². The molecular weight excluding hydrogens is 574 g/mol. The van der Waals surface area contributed by atoms with Gasteiger partial charge < -0.3 is 15.2 Å². The van der Waals surface area contributed by atoms with Crippen LogP contribution in [0.2, 0.25) is 0 Å². The molecular formula is C40H69NO5. The van der Waals surface area contributed by atoms with Crippen LogP contribution in [-0.2, 0) is 19.1 Å². The number of hydrogen-bond acceptors (Lipinski definition) is 4. The Kier molecular flexibility index (Phi) is 33.2. The van der Waals surface area contributed by atoms with Crippen molar-refractivity contribution in [2.24, 2.45) is 0 Å². The Balaban J connectivity index is 4.19. The fourth-order valence-corrected chi connectivity index (χ4v) is 5.20. The smallest absolute Gasteiger partial charge is 0.322 e. The summed E-state index contributed by atoms with van der Waals surface area (Å²) < 4.78 is 5.91. The van der Waals surface area contributed by atoms with Gasteiger partial charge >= 0.3 is 11.9 Å². The van der Waals surface area contributed by atoms with Gasteiger partial charge in [-0.25, -0.2) is 0 Å². The zero-order valence-corrected chi connectivity index (χ0v) is 29.7. The molecule has 0 saturated heterocycles. The molecule has 1 unspecified atom stereocenters.